The van der Waals surface area contributed by atoms with Crippen molar-refractivity contribution in [2.45, 2.75) is 12.8 Å². The summed E-state index contributed by atoms with van der Waals surface area (Å²) in [5.41, 5.74) is 1.10. The van der Waals surface area contributed by atoms with Crippen molar-refractivity contribution in [1.82, 2.24) is 5.32 Å². The van der Waals surface area contributed by atoms with Gasteiger partial charge in [-0.3, -0.25) is 4.79 Å². The van der Waals surface area contributed by atoms with Crippen LogP contribution in [0.15, 0.2) is 23.9 Å². The minimum atomic E-state index is 0. The quantitative estimate of drug-likeness (QED) is 0.646. The summed E-state index contributed by atoms with van der Waals surface area (Å²) >= 11 is 0. The summed E-state index contributed by atoms with van der Waals surface area (Å²) < 4.78 is 0. The molecule has 1 aliphatic heterocycles. The summed E-state index contributed by atoms with van der Waals surface area (Å²) in [7, 11) is 0. The molecule has 0 aromatic rings. The van der Waals surface area contributed by atoms with Gasteiger partial charge in [0.25, 0.3) is 0 Å². The Morgan fingerprint density at radius 3 is 2.83 bits per heavy atom. The SMILES string of the molecule is Cl.Cl.O=C1CC2CC=CC=C2N1. The van der Waals surface area contributed by atoms with E-state index in [-0.39, 0.29) is 30.7 Å². The van der Waals surface area contributed by atoms with Crippen LogP contribution in [0.4, 0.5) is 0 Å². The highest BCUT2D eigenvalue weighted by Gasteiger charge is 2.26. The molecule has 0 saturated carbocycles. The second-order valence-electron chi connectivity index (χ2n) is 2.74. The number of halogens is 2. The number of amides is 1. The number of allylic oxidation sites excluding steroid dienone is 4. The van der Waals surface area contributed by atoms with Crippen molar-refractivity contribution in [2.75, 3.05) is 0 Å². The van der Waals surface area contributed by atoms with Gasteiger partial charge in [0.2, 0.25) is 5.91 Å². The van der Waals surface area contributed by atoms with Gasteiger partial charge in [0.1, 0.15) is 0 Å². The first kappa shape index (κ1) is 11.5. The summed E-state index contributed by atoms with van der Waals surface area (Å²) in [6.07, 6.45) is 7.78. The lowest BCUT2D eigenvalue weighted by Gasteiger charge is -2.09. The molecule has 0 spiro atoms. The number of carbonyl (C=O) groups excluding carboxylic acids is 1. The molecule has 1 amide bonds. The maximum absolute atomic E-state index is 10.8. The molecule has 0 radical (unpaired) electrons. The number of nitrogens with one attached hydrogen (secondary N) is 1. The first-order chi connectivity index (χ1) is 4.86. The van der Waals surface area contributed by atoms with Crippen LogP contribution in [0.1, 0.15) is 12.8 Å². The van der Waals surface area contributed by atoms with Crippen LogP contribution in [0.3, 0.4) is 0 Å². The highest BCUT2D eigenvalue weighted by Crippen LogP contribution is 2.26. The molecule has 2 rings (SSSR count). The summed E-state index contributed by atoms with van der Waals surface area (Å²) in [6, 6.07) is 0. The lowest BCUT2D eigenvalue weighted by molar-refractivity contribution is -0.119. The lowest BCUT2D eigenvalue weighted by Crippen LogP contribution is -2.12. The first-order valence-electron chi connectivity index (χ1n) is 3.53. The molecule has 1 saturated heterocycles. The van der Waals surface area contributed by atoms with E-state index >= 15 is 0 Å². The Kier molecular flexibility index (Phi) is 4.35. The zero-order chi connectivity index (χ0) is 6.97. The molecule has 4 heteroatoms. The number of hydrogen-bond acceptors (Lipinski definition) is 1. The predicted octanol–water partition coefficient (Wildman–Crippen LogP) is 1.81. The van der Waals surface area contributed by atoms with E-state index in [0.29, 0.717) is 12.3 Å². The van der Waals surface area contributed by atoms with E-state index in [1.54, 1.807) is 0 Å². The standard InChI is InChI=1S/C8H9NO.2ClH/c10-8-5-6-3-1-2-4-7(6)9-8;;/h1-2,4,6H,3,5H2,(H,9,10);2*1H. The highest BCUT2D eigenvalue weighted by atomic mass is 35.5. The summed E-state index contributed by atoms with van der Waals surface area (Å²) in [6.45, 7) is 0. The maximum atomic E-state index is 10.8. The number of fused-ring (bicyclic) bond motifs is 1. The van der Waals surface area contributed by atoms with Gasteiger partial charge < -0.3 is 5.32 Å². The molecule has 12 heavy (non-hydrogen) atoms. The lowest BCUT2D eigenvalue weighted by atomic mass is 9.97. The van der Waals surface area contributed by atoms with E-state index in [0.717, 1.165) is 12.1 Å². The Hall–Kier alpha value is -0.470. The summed E-state index contributed by atoms with van der Waals surface area (Å²) in [4.78, 5) is 10.8. The van der Waals surface area contributed by atoms with Gasteiger partial charge in [-0.05, 0) is 12.5 Å². The summed E-state index contributed by atoms with van der Waals surface area (Å²) in [5, 5.41) is 2.83. The Bertz CT molecular complexity index is 235. The van der Waals surface area contributed by atoms with Crippen LogP contribution in [0.5, 0.6) is 0 Å². The van der Waals surface area contributed by atoms with Gasteiger partial charge in [-0.2, -0.15) is 0 Å². The van der Waals surface area contributed by atoms with Crippen molar-refractivity contribution in [1.29, 1.82) is 0 Å². The van der Waals surface area contributed by atoms with Crippen LogP contribution in [-0.2, 0) is 4.79 Å². The van der Waals surface area contributed by atoms with Crippen molar-refractivity contribution >= 4 is 30.7 Å². The van der Waals surface area contributed by atoms with Crippen LogP contribution < -0.4 is 5.32 Å². The molecule has 0 aromatic carbocycles. The van der Waals surface area contributed by atoms with Crippen LogP contribution in [0.2, 0.25) is 0 Å². The third kappa shape index (κ3) is 2.02. The van der Waals surface area contributed by atoms with E-state index in [2.05, 4.69) is 11.4 Å². The maximum Gasteiger partial charge on any atom is 0.224 e. The molecular weight excluding hydrogens is 197 g/mol. The van der Waals surface area contributed by atoms with E-state index in [1.807, 2.05) is 12.2 Å². The van der Waals surface area contributed by atoms with Gasteiger partial charge in [0, 0.05) is 18.0 Å². The second kappa shape index (κ2) is 4.53. The van der Waals surface area contributed by atoms with E-state index in [4.69, 9.17) is 0 Å². The predicted molar refractivity (Wildman–Crippen MR) is 52.6 cm³/mol. The number of carbonyl (C=O) groups is 1. The average molecular weight is 208 g/mol. The molecule has 1 aliphatic carbocycles. The van der Waals surface area contributed by atoms with Gasteiger partial charge >= 0.3 is 0 Å². The van der Waals surface area contributed by atoms with Gasteiger partial charge in [0.15, 0.2) is 0 Å². The highest BCUT2D eigenvalue weighted by molar-refractivity contribution is 5.85. The average Bonchev–Trinajstić information content (AvgIpc) is 2.27. The van der Waals surface area contributed by atoms with Crippen molar-refractivity contribution in [3.8, 4) is 0 Å². The number of rotatable bonds is 0. The normalized spacial score (nSPS) is 24.5. The van der Waals surface area contributed by atoms with Crippen molar-refractivity contribution in [3.05, 3.63) is 23.9 Å². The molecular formula is C8H11Cl2NO. The molecule has 1 heterocycles. The molecule has 0 bridgehead atoms. The molecule has 1 atom stereocenters. The molecule has 1 fully saturated rings. The molecule has 1 unspecified atom stereocenters. The zero-order valence-corrected chi connectivity index (χ0v) is 8.08. The van der Waals surface area contributed by atoms with Gasteiger partial charge in [0.05, 0.1) is 0 Å². The third-order valence-corrected chi connectivity index (χ3v) is 1.99. The van der Waals surface area contributed by atoms with Crippen LogP contribution >= 0.6 is 24.8 Å². The molecule has 2 aliphatic rings. The third-order valence-electron chi connectivity index (χ3n) is 1.99. The van der Waals surface area contributed by atoms with E-state index < -0.39 is 0 Å². The fourth-order valence-corrected chi connectivity index (χ4v) is 1.45. The summed E-state index contributed by atoms with van der Waals surface area (Å²) in [5.74, 6) is 0.623. The molecule has 1 N–H and O–H groups in total. The van der Waals surface area contributed by atoms with Crippen molar-refractivity contribution in [3.63, 3.8) is 0 Å². The molecule has 68 valence electrons. The second-order valence-corrected chi connectivity index (χ2v) is 2.74. The first-order valence-corrected chi connectivity index (χ1v) is 3.53. The van der Waals surface area contributed by atoms with Gasteiger partial charge in [-0.25, -0.2) is 0 Å². The van der Waals surface area contributed by atoms with Crippen molar-refractivity contribution in [2.24, 2.45) is 5.92 Å². The van der Waals surface area contributed by atoms with Crippen LogP contribution in [0.25, 0.3) is 0 Å². The van der Waals surface area contributed by atoms with E-state index in [1.165, 1.54) is 0 Å². The topological polar surface area (TPSA) is 29.1 Å². The van der Waals surface area contributed by atoms with Crippen molar-refractivity contribution < 1.29 is 4.79 Å². The largest absolute Gasteiger partial charge is 0.329 e. The molecule has 0 aromatic heterocycles. The minimum absolute atomic E-state index is 0. The van der Waals surface area contributed by atoms with Crippen LogP contribution in [0, 0.1) is 5.92 Å². The monoisotopic (exact) mass is 207 g/mol. The van der Waals surface area contributed by atoms with E-state index in [9.17, 15) is 4.79 Å². The Morgan fingerprint density at radius 2 is 2.17 bits per heavy atom. The Labute approximate surface area is 83.9 Å². The molecule has 2 nitrogen and oxygen atoms in total. The fourth-order valence-electron chi connectivity index (χ4n) is 1.45. The van der Waals surface area contributed by atoms with Crippen LogP contribution in [-0.4, -0.2) is 5.91 Å². The Balaban J connectivity index is 0.000000605. The fraction of sp³-hybridized carbons (Fsp3) is 0.375. The van der Waals surface area contributed by atoms with Gasteiger partial charge in [-0.15, -0.1) is 24.8 Å². The minimum Gasteiger partial charge on any atom is -0.329 e. The van der Waals surface area contributed by atoms with Gasteiger partial charge in [-0.1, -0.05) is 12.2 Å². The number of hydrogen-bond donors (Lipinski definition) is 1. The zero-order valence-electron chi connectivity index (χ0n) is 6.45. The smallest absolute Gasteiger partial charge is 0.224 e. The Morgan fingerprint density at radius 1 is 1.42 bits per heavy atom.